The van der Waals surface area contributed by atoms with Crippen molar-refractivity contribution in [3.63, 3.8) is 0 Å². The van der Waals surface area contributed by atoms with Gasteiger partial charge in [0.25, 0.3) is 0 Å². The van der Waals surface area contributed by atoms with Crippen LogP contribution in [-0.2, 0) is 0 Å². The summed E-state index contributed by atoms with van der Waals surface area (Å²) in [4.78, 5) is 2.27. The Labute approximate surface area is 87.7 Å². The zero-order valence-electron chi connectivity index (χ0n) is 10.2. The Balaban J connectivity index is 2.62. The molecule has 1 atom stereocenters. The topological polar surface area (TPSA) is 3.24 Å². The van der Waals surface area contributed by atoms with E-state index in [9.17, 15) is 4.39 Å². The van der Waals surface area contributed by atoms with Crippen LogP contribution >= 0.6 is 0 Å². The van der Waals surface area contributed by atoms with Crippen molar-refractivity contribution in [1.29, 1.82) is 0 Å². The normalized spacial score (nSPS) is 33.6. The van der Waals surface area contributed by atoms with E-state index < -0.39 is 5.67 Å². The Morgan fingerprint density at radius 3 is 2.21 bits per heavy atom. The first-order valence-corrected chi connectivity index (χ1v) is 5.61. The second-order valence-electron chi connectivity index (χ2n) is 6.32. The van der Waals surface area contributed by atoms with Gasteiger partial charge in [-0.05, 0) is 24.7 Å². The molecule has 0 N–H and O–H groups in total. The fourth-order valence-corrected chi connectivity index (χ4v) is 2.88. The van der Waals surface area contributed by atoms with Crippen LogP contribution in [0.25, 0.3) is 0 Å². The third-order valence-corrected chi connectivity index (χ3v) is 2.68. The van der Waals surface area contributed by atoms with Crippen molar-refractivity contribution in [3.05, 3.63) is 0 Å². The second-order valence-corrected chi connectivity index (χ2v) is 6.32. The smallest absolute Gasteiger partial charge is 0.121 e. The van der Waals surface area contributed by atoms with Gasteiger partial charge in [-0.15, -0.1) is 0 Å². The van der Waals surface area contributed by atoms with E-state index >= 15 is 0 Å². The minimum Gasteiger partial charge on any atom is -0.299 e. The molecule has 0 saturated carbocycles. The molecular formula is C12H24FN. The predicted molar refractivity (Wildman–Crippen MR) is 59.2 cm³/mol. The molecule has 2 heteroatoms. The van der Waals surface area contributed by atoms with Crippen LogP contribution in [0, 0.1) is 11.3 Å². The SMILES string of the molecule is CC(C)CN1CC(C)(C)C[C@](C)(F)C1. The number of hydrogen-bond donors (Lipinski definition) is 0. The summed E-state index contributed by atoms with van der Waals surface area (Å²) in [7, 11) is 0. The van der Waals surface area contributed by atoms with E-state index in [1.807, 2.05) is 0 Å². The summed E-state index contributed by atoms with van der Waals surface area (Å²) < 4.78 is 14.0. The lowest BCUT2D eigenvalue weighted by Gasteiger charge is -2.45. The summed E-state index contributed by atoms with van der Waals surface area (Å²) in [5.74, 6) is 0.625. The molecule has 0 amide bonds. The molecule has 0 aromatic carbocycles. The highest BCUT2D eigenvalue weighted by Crippen LogP contribution is 2.36. The van der Waals surface area contributed by atoms with Crippen molar-refractivity contribution < 1.29 is 4.39 Å². The van der Waals surface area contributed by atoms with Gasteiger partial charge in [-0.25, -0.2) is 4.39 Å². The lowest BCUT2D eigenvalue weighted by Crippen LogP contribution is -2.52. The molecule has 1 saturated heterocycles. The van der Waals surface area contributed by atoms with Gasteiger partial charge in [0, 0.05) is 19.6 Å². The summed E-state index contributed by atoms with van der Waals surface area (Å²) in [6, 6.07) is 0. The van der Waals surface area contributed by atoms with Crippen molar-refractivity contribution in [1.82, 2.24) is 4.90 Å². The number of alkyl halides is 1. The Morgan fingerprint density at radius 2 is 1.79 bits per heavy atom. The Bertz CT molecular complexity index is 180. The van der Waals surface area contributed by atoms with Crippen molar-refractivity contribution in [2.75, 3.05) is 19.6 Å². The van der Waals surface area contributed by atoms with Gasteiger partial charge in [0.1, 0.15) is 5.67 Å². The highest BCUT2D eigenvalue weighted by Gasteiger charge is 2.40. The molecule has 0 aromatic heterocycles. The van der Waals surface area contributed by atoms with Crippen LogP contribution in [0.3, 0.4) is 0 Å². The lowest BCUT2D eigenvalue weighted by molar-refractivity contribution is -0.0125. The van der Waals surface area contributed by atoms with Gasteiger partial charge in [-0.3, -0.25) is 4.90 Å². The zero-order valence-corrected chi connectivity index (χ0v) is 10.2. The first-order chi connectivity index (χ1) is 6.20. The zero-order chi connectivity index (χ0) is 11.0. The van der Waals surface area contributed by atoms with Gasteiger partial charge >= 0.3 is 0 Å². The summed E-state index contributed by atoms with van der Waals surface area (Å²) >= 11 is 0. The van der Waals surface area contributed by atoms with Crippen LogP contribution in [0.2, 0.25) is 0 Å². The van der Waals surface area contributed by atoms with E-state index in [1.165, 1.54) is 0 Å². The molecule has 1 nitrogen and oxygen atoms in total. The number of hydrogen-bond acceptors (Lipinski definition) is 1. The molecule has 1 heterocycles. The van der Waals surface area contributed by atoms with E-state index in [0.29, 0.717) is 18.9 Å². The summed E-state index contributed by atoms with van der Waals surface area (Å²) in [5, 5.41) is 0. The summed E-state index contributed by atoms with van der Waals surface area (Å²) in [5.41, 5.74) is -0.882. The summed E-state index contributed by atoms with van der Waals surface area (Å²) in [6.45, 7) is 13.1. The Kier molecular flexibility index (Phi) is 3.25. The highest BCUT2D eigenvalue weighted by atomic mass is 19.1. The molecule has 1 rings (SSSR count). The second kappa shape index (κ2) is 3.80. The molecule has 0 bridgehead atoms. The first kappa shape index (κ1) is 12.0. The number of piperidine rings is 1. The molecule has 0 radical (unpaired) electrons. The Morgan fingerprint density at radius 1 is 1.21 bits per heavy atom. The van der Waals surface area contributed by atoms with Crippen LogP contribution in [0.15, 0.2) is 0 Å². The monoisotopic (exact) mass is 201 g/mol. The fraction of sp³-hybridized carbons (Fsp3) is 1.00. The van der Waals surface area contributed by atoms with Crippen LogP contribution in [0.4, 0.5) is 4.39 Å². The van der Waals surface area contributed by atoms with Crippen molar-refractivity contribution >= 4 is 0 Å². The number of rotatable bonds is 2. The van der Waals surface area contributed by atoms with Gasteiger partial charge < -0.3 is 0 Å². The van der Waals surface area contributed by atoms with Crippen LogP contribution in [-0.4, -0.2) is 30.2 Å². The van der Waals surface area contributed by atoms with Crippen molar-refractivity contribution in [3.8, 4) is 0 Å². The molecule has 0 aromatic rings. The predicted octanol–water partition coefficient (Wildman–Crippen LogP) is 3.10. The Hall–Kier alpha value is -0.110. The van der Waals surface area contributed by atoms with Crippen molar-refractivity contribution in [2.45, 2.75) is 46.7 Å². The molecular weight excluding hydrogens is 177 g/mol. The molecule has 84 valence electrons. The van der Waals surface area contributed by atoms with E-state index in [4.69, 9.17) is 0 Å². The van der Waals surface area contributed by atoms with Crippen LogP contribution < -0.4 is 0 Å². The average molecular weight is 201 g/mol. The molecule has 1 aliphatic rings. The van der Waals surface area contributed by atoms with Gasteiger partial charge in [0.05, 0.1) is 0 Å². The fourth-order valence-electron chi connectivity index (χ4n) is 2.88. The maximum Gasteiger partial charge on any atom is 0.121 e. The number of likely N-dealkylation sites (tertiary alicyclic amines) is 1. The molecule has 0 aliphatic carbocycles. The molecule has 1 aliphatic heterocycles. The minimum absolute atomic E-state index is 0.122. The third-order valence-electron chi connectivity index (χ3n) is 2.68. The van der Waals surface area contributed by atoms with E-state index in [0.717, 1.165) is 13.1 Å². The molecule has 14 heavy (non-hydrogen) atoms. The van der Waals surface area contributed by atoms with Gasteiger partial charge in [0.15, 0.2) is 0 Å². The number of halogens is 1. The van der Waals surface area contributed by atoms with Crippen LogP contribution in [0.5, 0.6) is 0 Å². The maximum absolute atomic E-state index is 14.0. The highest BCUT2D eigenvalue weighted by molar-refractivity contribution is 4.92. The first-order valence-electron chi connectivity index (χ1n) is 5.61. The minimum atomic E-state index is -1.00. The number of nitrogens with zero attached hydrogens (tertiary/aromatic N) is 1. The largest absolute Gasteiger partial charge is 0.299 e. The van der Waals surface area contributed by atoms with E-state index in [2.05, 4.69) is 32.6 Å². The van der Waals surface area contributed by atoms with E-state index in [1.54, 1.807) is 6.92 Å². The standard InChI is InChI=1S/C12H24FN/c1-10(2)6-14-8-11(3,4)7-12(5,13)9-14/h10H,6-9H2,1-5H3/t12-/m0/s1. The van der Waals surface area contributed by atoms with Crippen molar-refractivity contribution in [2.24, 2.45) is 11.3 Å². The van der Waals surface area contributed by atoms with Gasteiger partial charge in [0.2, 0.25) is 0 Å². The maximum atomic E-state index is 14.0. The van der Waals surface area contributed by atoms with Gasteiger partial charge in [-0.1, -0.05) is 27.7 Å². The summed E-state index contributed by atoms with van der Waals surface area (Å²) in [6.07, 6.45) is 0.689. The lowest BCUT2D eigenvalue weighted by atomic mass is 9.77. The van der Waals surface area contributed by atoms with Crippen LogP contribution in [0.1, 0.15) is 41.0 Å². The van der Waals surface area contributed by atoms with E-state index in [-0.39, 0.29) is 5.41 Å². The average Bonchev–Trinajstić information content (AvgIpc) is 1.74. The quantitative estimate of drug-likeness (QED) is 0.663. The van der Waals surface area contributed by atoms with Gasteiger partial charge in [-0.2, -0.15) is 0 Å². The molecule has 0 unspecified atom stereocenters. The molecule has 1 fully saturated rings. The third kappa shape index (κ3) is 3.56. The molecule has 0 spiro atoms.